The first-order valence-corrected chi connectivity index (χ1v) is 5.89. The minimum atomic E-state index is -0.109. The fraction of sp³-hybridized carbons (Fsp3) is 0.308. The third-order valence-corrected chi connectivity index (χ3v) is 2.71. The van der Waals surface area contributed by atoms with E-state index in [-0.39, 0.29) is 11.9 Å². The summed E-state index contributed by atoms with van der Waals surface area (Å²) in [5.74, 6) is -0.109. The zero-order chi connectivity index (χ0) is 13.0. The van der Waals surface area contributed by atoms with Gasteiger partial charge in [0, 0.05) is 12.6 Å². The van der Waals surface area contributed by atoms with Gasteiger partial charge in [-0.3, -0.25) is 4.79 Å². The number of aromatic amines is 1. The van der Waals surface area contributed by atoms with Crippen molar-refractivity contribution in [2.24, 2.45) is 0 Å². The maximum absolute atomic E-state index is 12.3. The summed E-state index contributed by atoms with van der Waals surface area (Å²) in [6.07, 6.45) is 1.45. The molecular formula is C13H16N4O. The molecule has 1 aromatic heterocycles. The number of carbonyl (C=O) groups excluding carboxylic acids is 1. The molecule has 1 aromatic carbocycles. The van der Waals surface area contributed by atoms with Gasteiger partial charge in [-0.2, -0.15) is 15.4 Å². The molecule has 0 saturated carbocycles. The molecule has 0 saturated heterocycles. The van der Waals surface area contributed by atoms with E-state index in [2.05, 4.69) is 15.4 Å². The first-order chi connectivity index (χ1) is 8.68. The molecule has 0 radical (unpaired) electrons. The van der Waals surface area contributed by atoms with Crippen molar-refractivity contribution < 1.29 is 4.79 Å². The molecule has 0 fully saturated rings. The Morgan fingerprint density at radius 1 is 1.33 bits per heavy atom. The summed E-state index contributed by atoms with van der Waals surface area (Å²) >= 11 is 0. The Kier molecular flexibility index (Phi) is 3.72. The molecule has 5 nitrogen and oxygen atoms in total. The highest BCUT2D eigenvalue weighted by Crippen LogP contribution is 2.11. The topological polar surface area (TPSA) is 61.9 Å². The van der Waals surface area contributed by atoms with Crippen LogP contribution < -0.4 is 0 Å². The molecule has 0 bridgehead atoms. The van der Waals surface area contributed by atoms with Crippen molar-refractivity contribution in [1.82, 2.24) is 20.3 Å². The average molecular weight is 244 g/mol. The Hall–Kier alpha value is -2.17. The Morgan fingerprint density at radius 2 is 2.06 bits per heavy atom. The van der Waals surface area contributed by atoms with Gasteiger partial charge >= 0.3 is 0 Å². The molecule has 18 heavy (non-hydrogen) atoms. The van der Waals surface area contributed by atoms with Crippen LogP contribution in [0.4, 0.5) is 0 Å². The molecule has 0 aliphatic carbocycles. The summed E-state index contributed by atoms with van der Waals surface area (Å²) in [6, 6.07) is 10.0. The lowest BCUT2D eigenvalue weighted by Crippen LogP contribution is -2.36. The summed E-state index contributed by atoms with van der Waals surface area (Å²) in [7, 11) is 0. The zero-order valence-electron chi connectivity index (χ0n) is 10.5. The number of aromatic nitrogens is 3. The van der Waals surface area contributed by atoms with Gasteiger partial charge in [-0.15, -0.1) is 0 Å². The fourth-order valence-electron chi connectivity index (χ4n) is 1.72. The van der Waals surface area contributed by atoms with Crippen LogP contribution in [0.2, 0.25) is 0 Å². The van der Waals surface area contributed by atoms with E-state index in [4.69, 9.17) is 0 Å². The fourth-order valence-corrected chi connectivity index (χ4v) is 1.72. The molecule has 2 aromatic rings. The maximum Gasteiger partial charge on any atom is 0.276 e. The molecule has 5 heteroatoms. The van der Waals surface area contributed by atoms with Crippen molar-refractivity contribution in [2.45, 2.75) is 26.4 Å². The lowest BCUT2D eigenvalue weighted by atomic mass is 10.2. The molecule has 1 N–H and O–H groups in total. The largest absolute Gasteiger partial charge is 0.330 e. The van der Waals surface area contributed by atoms with Gasteiger partial charge in [0.05, 0.1) is 6.20 Å². The van der Waals surface area contributed by atoms with Crippen molar-refractivity contribution in [3.05, 3.63) is 47.8 Å². The molecule has 2 rings (SSSR count). The highest BCUT2D eigenvalue weighted by Gasteiger charge is 2.20. The molecule has 0 aliphatic rings. The second-order valence-electron chi connectivity index (χ2n) is 4.37. The van der Waals surface area contributed by atoms with Crippen LogP contribution in [0.1, 0.15) is 29.9 Å². The van der Waals surface area contributed by atoms with Crippen molar-refractivity contribution in [1.29, 1.82) is 0 Å². The Balaban J connectivity index is 2.17. The molecule has 0 atom stereocenters. The third-order valence-electron chi connectivity index (χ3n) is 2.71. The van der Waals surface area contributed by atoms with Crippen LogP contribution in [0.25, 0.3) is 0 Å². The molecule has 0 spiro atoms. The second kappa shape index (κ2) is 5.44. The first kappa shape index (κ1) is 12.3. The van der Waals surface area contributed by atoms with E-state index < -0.39 is 0 Å². The number of carbonyl (C=O) groups is 1. The molecule has 1 amide bonds. The number of hydrogen-bond acceptors (Lipinski definition) is 3. The molecule has 94 valence electrons. The normalized spacial score (nSPS) is 10.6. The maximum atomic E-state index is 12.3. The minimum absolute atomic E-state index is 0.106. The Morgan fingerprint density at radius 3 is 2.61 bits per heavy atom. The van der Waals surface area contributed by atoms with Crippen molar-refractivity contribution >= 4 is 5.91 Å². The van der Waals surface area contributed by atoms with Crippen LogP contribution in [-0.4, -0.2) is 32.3 Å². The SMILES string of the molecule is CC(C)N(Cc1ccccc1)C(=O)c1cn[nH]n1. The number of H-pyrrole nitrogens is 1. The summed E-state index contributed by atoms with van der Waals surface area (Å²) in [5.41, 5.74) is 1.45. The number of hydrogen-bond donors (Lipinski definition) is 1. The number of rotatable bonds is 4. The highest BCUT2D eigenvalue weighted by molar-refractivity contribution is 5.92. The van der Waals surface area contributed by atoms with Crippen molar-refractivity contribution in [3.63, 3.8) is 0 Å². The van der Waals surface area contributed by atoms with Gasteiger partial charge in [-0.25, -0.2) is 0 Å². The van der Waals surface area contributed by atoms with Crippen LogP contribution in [0.15, 0.2) is 36.5 Å². The number of benzene rings is 1. The van der Waals surface area contributed by atoms with Crippen LogP contribution in [-0.2, 0) is 6.54 Å². The van der Waals surface area contributed by atoms with E-state index >= 15 is 0 Å². The second-order valence-corrected chi connectivity index (χ2v) is 4.37. The summed E-state index contributed by atoms with van der Waals surface area (Å²) in [6.45, 7) is 4.55. The summed E-state index contributed by atoms with van der Waals surface area (Å²) in [5, 5.41) is 9.96. The lowest BCUT2D eigenvalue weighted by Gasteiger charge is -2.25. The van der Waals surface area contributed by atoms with E-state index in [0.717, 1.165) is 5.56 Å². The predicted octanol–water partition coefficient (Wildman–Crippen LogP) is 1.86. The van der Waals surface area contributed by atoms with Crippen molar-refractivity contribution in [2.75, 3.05) is 0 Å². The lowest BCUT2D eigenvalue weighted by molar-refractivity contribution is 0.0684. The predicted molar refractivity (Wildman–Crippen MR) is 67.8 cm³/mol. The van der Waals surface area contributed by atoms with Gasteiger partial charge in [-0.1, -0.05) is 30.3 Å². The van der Waals surface area contributed by atoms with Crippen molar-refractivity contribution in [3.8, 4) is 0 Å². The minimum Gasteiger partial charge on any atom is -0.330 e. The molecule has 1 heterocycles. The Bertz CT molecular complexity index is 493. The van der Waals surface area contributed by atoms with Crippen LogP contribution in [0, 0.1) is 0 Å². The smallest absolute Gasteiger partial charge is 0.276 e. The molecular weight excluding hydrogens is 228 g/mol. The molecule has 0 unspecified atom stereocenters. The quantitative estimate of drug-likeness (QED) is 0.892. The standard InChI is InChI=1S/C13H16N4O/c1-10(2)17(9-11-6-4-3-5-7-11)13(18)12-8-14-16-15-12/h3-8,10H,9H2,1-2H3,(H,14,15,16). The van der Waals surface area contributed by atoms with E-state index in [1.807, 2.05) is 44.2 Å². The van der Waals surface area contributed by atoms with Gasteiger partial charge in [0.25, 0.3) is 5.91 Å². The number of nitrogens with one attached hydrogen (secondary N) is 1. The van der Waals surface area contributed by atoms with Crippen LogP contribution in [0.3, 0.4) is 0 Å². The van der Waals surface area contributed by atoms with E-state index in [0.29, 0.717) is 12.2 Å². The zero-order valence-corrected chi connectivity index (χ0v) is 10.5. The van der Waals surface area contributed by atoms with Gasteiger partial charge in [0.15, 0.2) is 5.69 Å². The number of amides is 1. The highest BCUT2D eigenvalue weighted by atomic mass is 16.2. The van der Waals surface area contributed by atoms with Crippen LogP contribution >= 0.6 is 0 Å². The monoisotopic (exact) mass is 244 g/mol. The van der Waals surface area contributed by atoms with Gasteiger partial charge in [-0.05, 0) is 19.4 Å². The average Bonchev–Trinajstić information content (AvgIpc) is 2.90. The van der Waals surface area contributed by atoms with E-state index in [1.54, 1.807) is 4.90 Å². The number of nitrogens with zero attached hydrogens (tertiary/aromatic N) is 3. The summed E-state index contributed by atoms with van der Waals surface area (Å²) in [4.78, 5) is 14.0. The van der Waals surface area contributed by atoms with E-state index in [9.17, 15) is 4.79 Å². The Labute approximate surface area is 106 Å². The van der Waals surface area contributed by atoms with Gasteiger partial charge in [0.2, 0.25) is 0 Å². The van der Waals surface area contributed by atoms with E-state index in [1.165, 1.54) is 6.20 Å². The van der Waals surface area contributed by atoms with Crippen LogP contribution in [0.5, 0.6) is 0 Å². The third kappa shape index (κ3) is 2.74. The molecule has 0 aliphatic heterocycles. The first-order valence-electron chi connectivity index (χ1n) is 5.89. The van der Waals surface area contributed by atoms with Gasteiger partial charge in [0.1, 0.15) is 0 Å². The van der Waals surface area contributed by atoms with Gasteiger partial charge < -0.3 is 4.90 Å². The summed E-state index contributed by atoms with van der Waals surface area (Å²) < 4.78 is 0.